The van der Waals surface area contributed by atoms with Gasteiger partial charge in [0.15, 0.2) is 11.7 Å². The van der Waals surface area contributed by atoms with E-state index in [4.69, 9.17) is 0 Å². The van der Waals surface area contributed by atoms with Crippen LogP contribution in [-0.2, 0) is 12.8 Å². The molecule has 0 saturated carbocycles. The predicted molar refractivity (Wildman–Crippen MR) is 134 cm³/mol. The molecule has 0 saturated heterocycles. The van der Waals surface area contributed by atoms with Gasteiger partial charge in [-0.1, -0.05) is 72.8 Å². The van der Waals surface area contributed by atoms with Crippen LogP contribution in [0.1, 0.15) is 48.9 Å². The largest absolute Gasteiger partial charge is 0.207 e. The van der Waals surface area contributed by atoms with Crippen LogP contribution in [0.25, 0.3) is 22.8 Å². The Labute approximate surface area is 199 Å². The Hall–Kier alpha value is -3.40. The topological polar surface area (TPSA) is 0 Å². The summed E-state index contributed by atoms with van der Waals surface area (Å²) in [4.78, 5) is 0. The first-order valence-corrected chi connectivity index (χ1v) is 11.4. The third kappa shape index (κ3) is 6.34. The lowest BCUT2D eigenvalue weighted by molar-refractivity contribution is 0.608. The third-order valence-electron chi connectivity index (χ3n) is 5.64. The highest BCUT2D eigenvalue weighted by atomic mass is 19.2. The van der Waals surface area contributed by atoms with E-state index in [9.17, 15) is 17.6 Å². The van der Waals surface area contributed by atoms with Crippen molar-refractivity contribution in [3.8, 4) is 11.1 Å². The Balaban J connectivity index is 1.81. The number of hydrogen-bond donors (Lipinski definition) is 0. The van der Waals surface area contributed by atoms with Gasteiger partial charge in [0.25, 0.3) is 0 Å². The molecule has 0 aromatic heterocycles. The van der Waals surface area contributed by atoms with Crippen LogP contribution in [0.5, 0.6) is 0 Å². The Morgan fingerprint density at radius 2 is 1.29 bits per heavy atom. The zero-order valence-corrected chi connectivity index (χ0v) is 19.4. The fraction of sp³-hybridized carbons (Fsp3) is 0.200. The fourth-order valence-electron chi connectivity index (χ4n) is 3.70. The molecule has 3 aromatic carbocycles. The van der Waals surface area contributed by atoms with Crippen molar-refractivity contribution in [3.05, 3.63) is 119 Å². The Bertz CT molecular complexity index is 1200. The first kappa shape index (κ1) is 25.2. The normalized spacial score (nSPS) is 12.5. The van der Waals surface area contributed by atoms with Crippen LogP contribution in [0.4, 0.5) is 17.6 Å². The molecule has 0 N–H and O–H groups in total. The summed E-state index contributed by atoms with van der Waals surface area (Å²) in [6.45, 7) is 3.85. The van der Waals surface area contributed by atoms with Crippen molar-refractivity contribution >= 4 is 11.7 Å². The summed E-state index contributed by atoms with van der Waals surface area (Å²) >= 11 is 0. The van der Waals surface area contributed by atoms with Gasteiger partial charge in [0, 0.05) is 16.7 Å². The van der Waals surface area contributed by atoms with E-state index in [1.165, 1.54) is 30.3 Å². The van der Waals surface area contributed by atoms with Gasteiger partial charge in [-0.2, -0.15) is 0 Å². The van der Waals surface area contributed by atoms with Gasteiger partial charge in [-0.3, -0.25) is 0 Å². The van der Waals surface area contributed by atoms with Crippen molar-refractivity contribution in [3.63, 3.8) is 0 Å². The molecular weight excluding hydrogens is 436 g/mol. The number of hydrogen-bond acceptors (Lipinski definition) is 0. The highest BCUT2D eigenvalue weighted by molar-refractivity contribution is 5.84. The highest BCUT2D eigenvalue weighted by Gasteiger charge is 2.15. The molecule has 0 aliphatic rings. The van der Waals surface area contributed by atoms with Crippen molar-refractivity contribution in [2.24, 2.45) is 0 Å². The van der Waals surface area contributed by atoms with Gasteiger partial charge >= 0.3 is 0 Å². The van der Waals surface area contributed by atoms with E-state index in [2.05, 4.69) is 0 Å². The van der Waals surface area contributed by atoms with Gasteiger partial charge in [-0.25, -0.2) is 17.6 Å². The molecule has 0 bridgehead atoms. The Morgan fingerprint density at radius 3 is 1.91 bits per heavy atom. The average molecular weight is 465 g/mol. The molecular formula is C30H28F4. The minimum atomic E-state index is -1.14. The van der Waals surface area contributed by atoms with Crippen molar-refractivity contribution in [1.29, 1.82) is 0 Å². The van der Waals surface area contributed by atoms with E-state index in [1.54, 1.807) is 24.3 Å². The second-order valence-electron chi connectivity index (χ2n) is 8.04. The van der Waals surface area contributed by atoms with E-state index in [-0.39, 0.29) is 16.7 Å². The molecule has 0 nitrogen and oxygen atoms in total. The Morgan fingerprint density at radius 1 is 0.676 bits per heavy atom. The summed E-state index contributed by atoms with van der Waals surface area (Å²) < 4.78 is 58.8. The quantitative estimate of drug-likeness (QED) is 0.168. The summed E-state index contributed by atoms with van der Waals surface area (Å²) in [5.74, 6) is -3.36. The lowest BCUT2D eigenvalue weighted by Crippen LogP contribution is -1.93. The number of aryl methyl sites for hydroxylation is 2. The van der Waals surface area contributed by atoms with E-state index < -0.39 is 23.3 Å². The molecule has 34 heavy (non-hydrogen) atoms. The summed E-state index contributed by atoms with van der Waals surface area (Å²) in [5.41, 5.74) is 1.91. The van der Waals surface area contributed by atoms with Crippen molar-refractivity contribution in [1.82, 2.24) is 0 Å². The smallest absolute Gasteiger partial charge is 0.166 e. The van der Waals surface area contributed by atoms with E-state index >= 15 is 0 Å². The van der Waals surface area contributed by atoms with E-state index in [0.717, 1.165) is 24.5 Å². The number of allylic oxidation sites excluding steroid dienone is 4. The van der Waals surface area contributed by atoms with Crippen molar-refractivity contribution in [2.45, 2.75) is 39.5 Å². The monoisotopic (exact) mass is 464 g/mol. The van der Waals surface area contributed by atoms with E-state index in [0.29, 0.717) is 24.0 Å². The molecule has 0 atom stereocenters. The predicted octanol–water partition coefficient (Wildman–Crippen LogP) is 9.41. The first-order valence-electron chi connectivity index (χ1n) is 11.4. The maximum Gasteiger partial charge on any atom is 0.166 e. The van der Waals surface area contributed by atoms with Gasteiger partial charge in [-0.15, -0.1) is 0 Å². The summed E-state index contributed by atoms with van der Waals surface area (Å²) in [5, 5.41) is 0. The second kappa shape index (κ2) is 12.2. The van der Waals surface area contributed by atoms with Crippen molar-refractivity contribution < 1.29 is 17.6 Å². The van der Waals surface area contributed by atoms with Crippen LogP contribution in [0.2, 0.25) is 0 Å². The molecule has 0 spiro atoms. The zero-order valence-electron chi connectivity index (χ0n) is 19.4. The first-order chi connectivity index (χ1) is 16.4. The molecule has 0 unspecified atom stereocenters. The van der Waals surface area contributed by atoms with Crippen LogP contribution in [0.15, 0.2) is 85.0 Å². The van der Waals surface area contributed by atoms with Crippen LogP contribution >= 0.6 is 0 Å². The Kier molecular flexibility index (Phi) is 9.03. The lowest BCUT2D eigenvalue weighted by Gasteiger charge is -2.09. The molecule has 0 aliphatic heterocycles. The minimum Gasteiger partial charge on any atom is -0.207 e. The molecule has 4 heteroatoms. The standard InChI is InChI=1S/C30H28F4/c1-3-5-7-9-21-11-13-23(14-12-21)29(33)30(34)25-17-18-26(28(32)20-25)24-16-15-22(27(31)19-24)10-8-6-4-2/h3-6,11-20H,7-10H2,1-2H3/b5-3+,6-4+,30-29+. The maximum absolute atomic E-state index is 14.8. The highest BCUT2D eigenvalue weighted by Crippen LogP contribution is 2.32. The maximum atomic E-state index is 14.8. The van der Waals surface area contributed by atoms with Crippen LogP contribution in [-0.4, -0.2) is 0 Å². The number of rotatable bonds is 9. The molecule has 3 aromatic rings. The summed E-state index contributed by atoms with van der Waals surface area (Å²) in [6, 6.07) is 14.7. The minimum absolute atomic E-state index is 0.0901. The van der Waals surface area contributed by atoms with E-state index in [1.807, 2.05) is 38.2 Å². The zero-order chi connectivity index (χ0) is 24.5. The van der Waals surface area contributed by atoms with Crippen LogP contribution in [0.3, 0.4) is 0 Å². The molecule has 0 aliphatic carbocycles. The molecule has 0 radical (unpaired) electrons. The lowest BCUT2D eigenvalue weighted by atomic mass is 9.99. The molecule has 0 fully saturated rings. The number of halogens is 4. The van der Waals surface area contributed by atoms with Crippen molar-refractivity contribution in [2.75, 3.05) is 0 Å². The van der Waals surface area contributed by atoms with Gasteiger partial charge in [0.2, 0.25) is 0 Å². The molecule has 176 valence electrons. The van der Waals surface area contributed by atoms with Gasteiger partial charge < -0.3 is 0 Å². The van der Waals surface area contributed by atoms with Gasteiger partial charge in [0.1, 0.15) is 11.6 Å². The SMILES string of the molecule is C/C=C/CCc1ccc(/C(F)=C(\F)c2ccc(-c3ccc(CC/C=C/C)c(F)c3)c(F)c2)cc1. The molecule has 0 amide bonds. The molecule has 0 heterocycles. The fourth-order valence-corrected chi connectivity index (χ4v) is 3.70. The average Bonchev–Trinajstić information content (AvgIpc) is 2.85. The van der Waals surface area contributed by atoms with Crippen LogP contribution < -0.4 is 0 Å². The third-order valence-corrected chi connectivity index (χ3v) is 5.64. The van der Waals surface area contributed by atoms with Gasteiger partial charge in [0.05, 0.1) is 0 Å². The summed E-state index contributed by atoms with van der Waals surface area (Å²) in [7, 11) is 0. The van der Waals surface area contributed by atoms with Crippen LogP contribution in [0, 0.1) is 11.6 Å². The van der Waals surface area contributed by atoms with Gasteiger partial charge in [-0.05, 0) is 68.4 Å². The second-order valence-corrected chi connectivity index (χ2v) is 8.04. The number of benzene rings is 3. The molecule has 3 rings (SSSR count). The summed E-state index contributed by atoms with van der Waals surface area (Å²) in [6.07, 6.45) is 10.8.